The molecule has 0 aromatic heterocycles. The Balaban J connectivity index is 3.17. The maximum atomic E-state index is 11.4. The van der Waals surface area contributed by atoms with Gasteiger partial charge in [0.05, 0.1) is 23.6 Å². The molecule has 0 aliphatic rings. The van der Waals surface area contributed by atoms with E-state index in [0.29, 0.717) is 23.3 Å². The minimum atomic E-state index is -3.34. The van der Waals surface area contributed by atoms with Gasteiger partial charge >= 0.3 is 0 Å². The summed E-state index contributed by atoms with van der Waals surface area (Å²) in [6.45, 7) is 3.70. The molecule has 1 aromatic carbocycles. The Hall–Kier alpha value is -1.56. The van der Waals surface area contributed by atoms with Gasteiger partial charge in [-0.25, -0.2) is 8.42 Å². The first-order valence-corrected chi connectivity index (χ1v) is 7.30. The molecule has 0 radical (unpaired) electrons. The highest BCUT2D eigenvalue weighted by Crippen LogP contribution is 2.25. The molecule has 0 amide bonds. The van der Waals surface area contributed by atoms with Crippen molar-refractivity contribution in [3.63, 3.8) is 0 Å². The minimum Gasteiger partial charge on any atom is -0.490 e. The van der Waals surface area contributed by atoms with Crippen LogP contribution in [0, 0.1) is 0 Å². The van der Waals surface area contributed by atoms with E-state index in [-0.39, 0.29) is 6.10 Å². The van der Waals surface area contributed by atoms with Crippen LogP contribution in [0.4, 0.5) is 5.69 Å². The molecule has 0 unspecified atom stereocenters. The quantitative estimate of drug-likeness (QED) is 0.764. The summed E-state index contributed by atoms with van der Waals surface area (Å²) in [5.74, 6) is 0.450. The molecule has 0 spiro atoms. The number of carbonyl (C=O) groups is 1. The van der Waals surface area contributed by atoms with Gasteiger partial charge in [0, 0.05) is 7.05 Å². The zero-order valence-electron chi connectivity index (χ0n) is 10.9. The molecular weight excluding hydrogens is 254 g/mol. The predicted octanol–water partition coefficient (Wildman–Crippen LogP) is 1.68. The van der Waals surface area contributed by atoms with E-state index >= 15 is 0 Å². The van der Waals surface area contributed by atoms with Gasteiger partial charge in [0.1, 0.15) is 5.75 Å². The van der Waals surface area contributed by atoms with E-state index in [1.54, 1.807) is 12.1 Å². The molecule has 0 aliphatic heterocycles. The largest absolute Gasteiger partial charge is 0.490 e. The second-order valence-corrected chi connectivity index (χ2v) is 6.25. The molecule has 0 fully saturated rings. The molecule has 0 bridgehead atoms. The first kappa shape index (κ1) is 14.5. The molecule has 100 valence electrons. The Bertz CT molecular complexity index is 537. The van der Waals surface area contributed by atoms with E-state index in [4.69, 9.17) is 4.74 Å². The number of hydrogen-bond donors (Lipinski definition) is 0. The van der Waals surface area contributed by atoms with Crippen molar-refractivity contribution in [2.45, 2.75) is 20.0 Å². The lowest BCUT2D eigenvalue weighted by atomic mass is 10.2. The highest BCUT2D eigenvalue weighted by molar-refractivity contribution is 7.92. The van der Waals surface area contributed by atoms with Gasteiger partial charge in [-0.1, -0.05) is 0 Å². The van der Waals surface area contributed by atoms with Crippen molar-refractivity contribution < 1.29 is 17.9 Å². The van der Waals surface area contributed by atoms with Crippen molar-refractivity contribution in [2.24, 2.45) is 0 Å². The fraction of sp³-hybridized carbons (Fsp3) is 0.417. The molecule has 6 heteroatoms. The van der Waals surface area contributed by atoms with Gasteiger partial charge in [-0.3, -0.25) is 9.10 Å². The third-order valence-electron chi connectivity index (χ3n) is 2.34. The van der Waals surface area contributed by atoms with Crippen molar-refractivity contribution in [1.82, 2.24) is 0 Å². The Morgan fingerprint density at radius 3 is 2.39 bits per heavy atom. The molecular formula is C12H17NO4S. The number of rotatable bonds is 5. The van der Waals surface area contributed by atoms with Crippen LogP contribution >= 0.6 is 0 Å². The zero-order valence-corrected chi connectivity index (χ0v) is 11.7. The number of aldehydes is 1. The van der Waals surface area contributed by atoms with E-state index in [1.807, 2.05) is 13.8 Å². The number of nitrogens with zero attached hydrogens (tertiary/aromatic N) is 1. The van der Waals surface area contributed by atoms with Crippen LogP contribution in [0.2, 0.25) is 0 Å². The Morgan fingerprint density at radius 2 is 1.94 bits per heavy atom. The maximum absolute atomic E-state index is 11.4. The Labute approximate surface area is 107 Å². The number of anilines is 1. The molecule has 0 heterocycles. The van der Waals surface area contributed by atoms with Gasteiger partial charge in [-0.2, -0.15) is 0 Å². The SMILES string of the molecule is CC(C)Oc1ccc(N(C)S(C)(=O)=O)cc1C=O. The summed E-state index contributed by atoms with van der Waals surface area (Å²) < 4.78 is 29.4. The summed E-state index contributed by atoms with van der Waals surface area (Å²) in [5, 5.41) is 0. The highest BCUT2D eigenvalue weighted by atomic mass is 32.2. The van der Waals surface area contributed by atoms with Gasteiger partial charge in [-0.15, -0.1) is 0 Å². The Kier molecular flexibility index (Phi) is 4.34. The summed E-state index contributed by atoms with van der Waals surface area (Å²) in [4.78, 5) is 11.0. The van der Waals surface area contributed by atoms with Crippen LogP contribution in [-0.4, -0.2) is 34.1 Å². The first-order chi connectivity index (χ1) is 8.25. The van der Waals surface area contributed by atoms with E-state index < -0.39 is 10.0 Å². The van der Waals surface area contributed by atoms with Crippen molar-refractivity contribution in [1.29, 1.82) is 0 Å². The van der Waals surface area contributed by atoms with Crippen LogP contribution in [0.3, 0.4) is 0 Å². The van der Waals surface area contributed by atoms with Gasteiger partial charge < -0.3 is 4.74 Å². The third-order valence-corrected chi connectivity index (χ3v) is 3.55. The van der Waals surface area contributed by atoms with Gasteiger partial charge in [-0.05, 0) is 32.0 Å². The molecule has 0 N–H and O–H groups in total. The number of benzene rings is 1. The minimum absolute atomic E-state index is 0.0535. The number of carbonyl (C=O) groups excluding carboxylic acids is 1. The highest BCUT2D eigenvalue weighted by Gasteiger charge is 2.14. The monoisotopic (exact) mass is 271 g/mol. The van der Waals surface area contributed by atoms with Crippen LogP contribution in [0.5, 0.6) is 5.75 Å². The number of ether oxygens (including phenoxy) is 1. The van der Waals surface area contributed by atoms with Crippen LogP contribution in [-0.2, 0) is 10.0 Å². The second kappa shape index (κ2) is 5.39. The van der Waals surface area contributed by atoms with Crippen LogP contribution < -0.4 is 9.04 Å². The fourth-order valence-electron chi connectivity index (χ4n) is 1.38. The van der Waals surface area contributed by atoms with Crippen LogP contribution in [0.1, 0.15) is 24.2 Å². The van der Waals surface area contributed by atoms with Crippen LogP contribution in [0.25, 0.3) is 0 Å². The molecule has 5 nitrogen and oxygen atoms in total. The predicted molar refractivity (Wildman–Crippen MR) is 70.8 cm³/mol. The van der Waals surface area contributed by atoms with Crippen molar-refractivity contribution in [3.05, 3.63) is 23.8 Å². The van der Waals surface area contributed by atoms with Gasteiger partial charge in [0.25, 0.3) is 0 Å². The Morgan fingerprint density at radius 1 is 1.33 bits per heavy atom. The smallest absolute Gasteiger partial charge is 0.231 e. The lowest BCUT2D eigenvalue weighted by Gasteiger charge is -2.18. The summed E-state index contributed by atoms with van der Waals surface area (Å²) in [6.07, 6.45) is 1.70. The number of hydrogen-bond acceptors (Lipinski definition) is 4. The maximum Gasteiger partial charge on any atom is 0.231 e. The third kappa shape index (κ3) is 3.46. The molecule has 18 heavy (non-hydrogen) atoms. The van der Waals surface area contributed by atoms with Crippen molar-refractivity contribution in [3.8, 4) is 5.75 Å². The molecule has 0 atom stereocenters. The van der Waals surface area contributed by atoms with Crippen molar-refractivity contribution >= 4 is 22.0 Å². The standard InChI is InChI=1S/C12H17NO4S/c1-9(2)17-12-6-5-11(7-10(12)8-14)13(3)18(4,15)16/h5-9H,1-4H3. The van der Waals surface area contributed by atoms with Crippen molar-refractivity contribution in [2.75, 3.05) is 17.6 Å². The molecule has 1 rings (SSSR count). The fourth-order valence-corrected chi connectivity index (χ4v) is 1.87. The summed E-state index contributed by atoms with van der Waals surface area (Å²) >= 11 is 0. The normalized spacial score (nSPS) is 11.4. The average molecular weight is 271 g/mol. The van der Waals surface area contributed by atoms with E-state index in [2.05, 4.69) is 0 Å². The molecule has 1 aromatic rings. The first-order valence-electron chi connectivity index (χ1n) is 5.45. The van der Waals surface area contributed by atoms with Gasteiger partial charge in [0.2, 0.25) is 10.0 Å². The molecule has 0 aliphatic carbocycles. The lowest BCUT2D eigenvalue weighted by molar-refractivity contribution is 0.111. The summed E-state index contributed by atoms with van der Waals surface area (Å²) in [5.41, 5.74) is 0.757. The average Bonchev–Trinajstić information content (AvgIpc) is 2.26. The van der Waals surface area contributed by atoms with E-state index in [0.717, 1.165) is 10.6 Å². The second-order valence-electron chi connectivity index (χ2n) is 4.24. The van der Waals surface area contributed by atoms with Crippen LogP contribution in [0.15, 0.2) is 18.2 Å². The van der Waals surface area contributed by atoms with E-state index in [9.17, 15) is 13.2 Å². The van der Waals surface area contributed by atoms with E-state index in [1.165, 1.54) is 13.1 Å². The summed E-state index contributed by atoms with van der Waals surface area (Å²) in [6, 6.07) is 4.69. The van der Waals surface area contributed by atoms with Gasteiger partial charge in [0.15, 0.2) is 6.29 Å². The zero-order chi connectivity index (χ0) is 13.9. The molecule has 0 saturated carbocycles. The number of sulfonamides is 1. The summed E-state index contributed by atoms with van der Waals surface area (Å²) in [7, 11) is -1.91. The lowest BCUT2D eigenvalue weighted by Crippen LogP contribution is -2.24. The molecule has 0 saturated heterocycles. The topological polar surface area (TPSA) is 63.7 Å².